The zero-order chi connectivity index (χ0) is 14.3. The third-order valence-corrected chi connectivity index (χ3v) is 3.04. The molecular weight excluding hydrogens is 238 g/mol. The molecule has 0 amide bonds. The van der Waals surface area contributed by atoms with E-state index in [4.69, 9.17) is 9.47 Å². The fourth-order valence-electron chi connectivity index (χ4n) is 2.04. The second-order valence-corrected chi connectivity index (χ2v) is 5.11. The van der Waals surface area contributed by atoms with Crippen LogP contribution >= 0.6 is 0 Å². The maximum absolute atomic E-state index is 5.75. The summed E-state index contributed by atoms with van der Waals surface area (Å²) in [4.78, 5) is 0. The Hall–Kier alpha value is -1.06. The molecule has 0 aliphatic carbocycles. The van der Waals surface area contributed by atoms with Gasteiger partial charge in [-0.05, 0) is 51.4 Å². The van der Waals surface area contributed by atoms with Gasteiger partial charge >= 0.3 is 0 Å². The second-order valence-electron chi connectivity index (χ2n) is 5.11. The van der Waals surface area contributed by atoms with E-state index in [-0.39, 0.29) is 18.2 Å². The molecule has 0 radical (unpaired) electrons. The van der Waals surface area contributed by atoms with E-state index in [1.807, 2.05) is 26.0 Å². The Labute approximate surface area is 117 Å². The minimum atomic E-state index is 0.126. The molecule has 0 aliphatic rings. The van der Waals surface area contributed by atoms with Crippen LogP contribution in [0.1, 0.15) is 45.7 Å². The van der Waals surface area contributed by atoms with Crippen molar-refractivity contribution in [1.29, 1.82) is 0 Å². The SMILES string of the molecule is CCCNC(c1cccc(OC(C)C)c1)C(C)OC. The Kier molecular flexibility index (Phi) is 6.89. The second kappa shape index (κ2) is 8.18. The van der Waals surface area contributed by atoms with Gasteiger partial charge in [-0.1, -0.05) is 19.1 Å². The Bertz CT molecular complexity index is 366. The summed E-state index contributed by atoms with van der Waals surface area (Å²) in [7, 11) is 1.75. The highest BCUT2D eigenvalue weighted by Gasteiger charge is 2.18. The minimum Gasteiger partial charge on any atom is -0.491 e. The van der Waals surface area contributed by atoms with Crippen LogP contribution in [0.5, 0.6) is 5.75 Å². The van der Waals surface area contributed by atoms with E-state index in [0.717, 1.165) is 18.7 Å². The molecule has 19 heavy (non-hydrogen) atoms. The van der Waals surface area contributed by atoms with Crippen LogP contribution in [-0.2, 0) is 4.74 Å². The molecule has 0 spiro atoms. The van der Waals surface area contributed by atoms with Crippen molar-refractivity contribution < 1.29 is 9.47 Å². The van der Waals surface area contributed by atoms with Crippen molar-refractivity contribution in [1.82, 2.24) is 5.32 Å². The van der Waals surface area contributed by atoms with Gasteiger partial charge in [-0.2, -0.15) is 0 Å². The fourth-order valence-corrected chi connectivity index (χ4v) is 2.04. The standard InChI is InChI=1S/C16H27NO2/c1-6-10-17-16(13(4)18-5)14-8-7-9-15(11-14)19-12(2)3/h7-9,11-13,16-17H,6,10H2,1-5H3. The number of hydrogen-bond donors (Lipinski definition) is 1. The number of nitrogens with one attached hydrogen (secondary N) is 1. The Morgan fingerprint density at radius 1 is 1.21 bits per heavy atom. The Morgan fingerprint density at radius 3 is 2.53 bits per heavy atom. The average molecular weight is 265 g/mol. The van der Waals surface area contributed by atoms with Crippen molar-refractivity contribution in [2.75, 3.05) is 13.7 Å². The monoisotopic (exact) mass is 265 g/mol. The molecule has 0 bridgehead atoms. The quantitative estimate of drug-likeness (QED) is 0.779. The van der Waals surface area contributed by atoms with Crippen LogP contribution in [0.3, 0.4) is 0 Å². The number of hydrogen-bond acceptors (Lipinski definition) is 3. The van der Waals surface area contributed by atoms with Crippen molar-refractivity contribution in [3.05, 3.63) is 29.8 Å². The van der Waals surface area contributed by atoms with Crippen molar-refractivity contribution >= 4 is 0 Å². The lowest BCUT2D eigenvalue weighted by Crippen LogP contribution is -2.32. The smallest absolute Gasteiger partial charge is 0.120 e. The molecule has 0 heterocycles. The van der Waals surface area contributed by atoms with E-state index >= 15 is 0 Å². The molecule has 1 N–H and O–H groups in total. The van der Waals surface area contributed by atoms with Crippen molar-refractivity contribution in [2.24, 2.45) is 0 Å². The molecular formula is C16H27NO2. The molecule has 0 saturated carbocycles. The lowest BCUT2D eigenvalue weighted by atomic mass is 10.0. The zero-order valence-corrected chi connectivity index (χ0v) is 12.8. The molecule has 0 fully saturated rings. The van der Waals surface area contributed by atoms with E-state index in [1.54, 1.807) is 7.11 Å². The van der Waals surface area contributed by atoms with Gasteiger partial charge < -0.3 is 14.8 Å². The predicted octanol–water partition coefficient (Wildman–Crippen LogP) is 3.55. The van der Waals surface area contributed by atoms with Gasteiger partial charge in [0, 0.05) is 7.11 Å². The topological polar surface area (TPSA) is 30.5 Å². The van der Waals surface area contributed by atoms with Gasteiger partial charge in [-0.15, -0.1) is 0 Å². The van der Waals surface area contributed by atoms with E-state index in [1.165, 1.54) is 5.56 Å². The van der Waals surface area contributed by atoms with Crippen LogP contribution in [0.25, 0.3) is 0 Å². The number of rotatable bonds is 8. The summed E-state index contributed by atoms with van der Waals surface area (Å²) in [6, 6.07) is 8.45. The first kappa shape index (κ1) is 16.0. The Balaban J connectivity index is 2.88. The summed E-state index contributed by atoms with van der Waals surface area (Å²) in [5, 5.41) is 3.54. The van der Waals surface area contributed by atoms with Gasteiger partial charge in [0.1, 0.15) is 5.75 Å². The molecule has 1 aromatic rings. The Morgan fingerprint density at radius 2 is 1.95 bits per heavy atom. The molecule has 1 aromatic carbocycles. The van der Waals surface area contributed by atoms with Gasteiger partial charge in [0.25, 0.3) is 0 Å². The molecule has 3 heteroatoms. The molecule has 0 saturated heterocycles. The summed E-state index contributed by atoms with van der Waals surface area (Å²) in [6.07, 6.45) is 1.42. The summed E-state index contributed by atoms with van der Waals surface area (Å²) >= 11 is 0. The molecule has 2 unspecified atom stereocenters. The normalized spacial score (nSPS) is 14.4. The number of methoxy groups -OCH3 is 1. The van der Waals surface area contributed by atoms with Gasteiger partial charge in [-0.3, -0.25) is 0 Å². The largest absolute Gasteiger partial charge is 0.491 e. The number of ether oxygens (including phenoxy) is 2. The maximum Gasteiger partial charge on any atom is 0.120 e. The first-order chi connectivity index (χ1) is 9.08. The predicted molar refractivity (Wildman–Crippen MR) is 79.7 cm³/mol. The molecule has 1 rings (SSSR count). The van der Waals surface area contributed by atoms with Crippen LogP contribution in [-0.4, -0.2) is 25.9 Å². The van der Waals surface area contributed by atoms with Gasteiger partial charge in [-0.25, -0.2) is 0 Å². The summed E-state index contributed by atoms with van der Waals surface area (Å²) in [5.41, 5.74) is 1.21. The van der Waals surface area contributed by atoms with E-state index in [2.05, 4.69) is 31.3 Å². The molecule has 108 valence electrons. The van der Waals surface area contributed by atoms with Gasteiger partial charge in [0.15, 0.2) is 0 Å². The fraction of sp³-hybridized carbons (Fsp3) is 0.625. The number of benzene rings is 1. The van der Waals surface area contributed by atoms with E-state index < -0.39 is 0 Å². The van der Waals surface area contributed by atoms with E-state index in [0.29, 0.717) is 0 Å². The van der Waals surface area contributed by atoms with Crippen LogP contribution in [0.15, 0.2) is 24.3 Å². The third kappa shape index (κ3) is 5.21. The third-order valence-electron chi connectivity index (χ3n) is 3.04. The van der Waals surface area contributed by atoms with Crippen molar-refractivity contribution in [3.63, 3.8) is 0 Å². The highest BCUT2D eigenvalue weighted by molar-refractivity contribution is 5.31. The summed E-state index contributed by atoms with van der Waals surface area (Å²) in [5.74, 6) is 0.916. The minimum absolute atomic E-state index is 0.126. The van der Waals surface area contributed by atoms with Crippen molar-refractivity contribution in [3.8, 4) is 5.75 Å². The molecule has 0 aliphatic heterocycles. The van der Waals surface area contributed by atoms with Crippen molar-refractivity contribution in [2.45, 2.75) is 52.4 Å². The highest BCUT2D eigenvalue weighted by Crippen LogP contribution is 2.23. The maximum atomic E-state index is 5.75. The first-order valence-corrected chi connectivity index (χ1v) is 7.11. The van der Waals surface area contributed by atoms with Crippen LogP contribution in [0.4, 0.5) is 0 Å². The zero-order valence-electron chi connectivity index (χ0n) is 12.8. The lowest BCUT2D eigenvalue weighted by molar-refractivity contribution is 0.0829. The highest BCUT2D eigenvalue weighted by atomic mass is 16.5. The van der Waals surface area contributed by atoms with Crippen LogP contribution in [0, 0.1) is 0 Å². The lowest BCUT2D eigenvalue weighted by Gasteiger charge is -2.25. The molecule has 3 nitrogen and oxygen atoms in total. The molecule has 2 atom stereocenters. The first-order valence-electron chi connectivity index (χ1n) is 7.11. The molecule has 0 aromatic heterocycles. The van der Waals surface area contributed by atoms with E-state index in [9.17, 15) is 0 Å². The summed E-state index contributed by atoms with van der Waals surface area (Å²) < 4.78 is 11.2. The van der Waals surface area contributed by atoms with Crippen LogP contribution < -0.4 is 10.1 Å². The average Bonchev–Trinajstić information content (AvgIpc) is 2.38. The van der Waals surface area contributed by atoms with Gasteiger partial charge in [0.05, 0.1) is 18.2 Å². The summed E-state index contributed by atoms with van der Waals surface area (Å²) in [6.45, 7) is 9.31. The van der Waals surface area contributed by atoms with Crippen LogP contribution in [0.2, 0.25) is 0 Å². The van der Waals surface area contributed by atoms with Gasteiger partial charge in [0.2, 0.25) is 0 Å².